The van der Waals surface area contributed by atoms with E-state index in [-0.39, 0.29) is 6.10 Å². The minimum Gasteiger partial charge on any atom is -0.391 e. The lowest BCUT2D eigenvalue weighted by atomic mass is 10.2. The lowest BCUT2D eigenvalue weighted by molar-refractivity contribution is 0.0243. The number of aliphatic hydroxyl groups is 1. The fraction of sp³-hybridized carbons (Fsp3) is 1.00. The molecule has 0 fully saturated rings. The Labute approximate surface area is 63.2 Å². The van der Waals surface area contributed by atoms with Crippen molar-refractivity contribution in [2.24, 2.45) is 5.92 Å². The first-order valence-electron chi connectivity index (χ1n) is 3.92. The topological polar surface area (TPSA) is 29.5 Å². The maximum Gasteiger partial charge on any atom is 0.0771 e. The molecule has 1 N–H and O–H groups in total. The molecule has 0 heterocycles. The van der Waals surface area contributed by atoms with Gasteiger partial charge in [0.2, 0.25) is 0 Å². The van der Waals surface area contributed by atoms with E-state index in [2.05, 4.69) is 13.8 Å². The maximum atomic E-state index is 9.05. The van der Waals surface area contributed by atoms with Crippen molar-refractivity contribution < 1.29 is 9.84 Å². The van der Waals surface area contributed by atoms with Crippen molar-refractivity contribution in [3.63, 3.8) is 0 Å². The van der Waals surface area contributed by atoms with Crippen molar-refractivity contribution in [2.75, 3.05) is 13.2 Å². The largest absolute Gasteiger partial charge is 0.391 e. The van der Waals surface area contributed by atoms with Gasteiger partial charge >= 0.3 is 0 Å². The molecule has 10 heavy (non-hydrogen) atoms. The number of ether oxygens (including phenoxy) is 1. The van der Waals surface area contributed by atoms with Crippen molar-refractivity contribution >= 4 is 0 Å². The van der Waals surface area contributed by atoms with Gasteiger partial charge in [0.25, 0.3) is 0 Å². The molecule has 0 saturated carbocycles. The molecule has 0 aliphatic carbocycles. The van der Waals surface area contributed by atoms with Crippen LogP contribution >= 0.6 is 0 Å². The Bertz CT molecular complexity index is 71.7. The van der Waals surface area contributed by atoms with Gasteiger partial charge in [-0.25, -0.2) is 0 Å². The smallest absolute Gasteiger partial charge is 0.0771 e. The molecule has 0 aliphatic rings. The summed E-state index contributed by atoms with van der Waals surface area (Å²) < 4.78 is 5.20. The zero-order valence-corrected chi connectivity index (χ0v) is 7.13. The molecule has 0 aromatic heterocycles. The molecule has 0 rings (SSSR count). The number of rotatable bonds is 5. The molecule has 0 radical (unpaired) electrons. The van der Waals surface area contributed by atoms with Gasteiger partial charge in [0, 0.05) is 6.61 Å². The summed E-state index contributed by atoms with van der Waals surface area (Å²) in [5, 5.41) is 9.05. The summed E-state index contributed by atoms with van der Waals surface area (Å²) in [5.41, 5.74) is 0. The van der Waals surface area contributed by atoms with Crippen LogP contribution in [0.3, 0.4) is 0 Å². The van der Waals surface area contributed by atoms with Gasteiger partial charge in [-0.05, 0) is 12.3 Å². The highest BCUT2D eigenvalue weighted by Gasteiger charge is 2.00. The quantitative estimate of drug-likeness (QED) is 0.635. The van der Waals surface area contributed by atoms with E-state index in [9.17, 15) is 0 Å². The van der Waals surface area contributed by atoms with Crippen LogP contribution in [-0.4, -0.2) is 24.4 Å². The summed E-state index contributed by atoms with van der Waals surface area (Å²) in [5.74, 6) is 0.559. The summed E-state index contributed by atoms with van der Waals surface area (Å²) in [4.78, 5) is 0. The van der Waals surface area contributed by atoms with Crippen LogP contribution in [-0.2, 0) is 4.74 Å². The van der Waals surface area contributed by atoms with Crippen LogP contribution in [0, 0.1) is 5.92 Å². The number of hydrogen-bond donors (Lipinski definition) is 1. The molecule has 0 aromatic rings. The summed E-state index contributed by atoms with van der Waals surface area (Å²) in [7, 11) is 0. The van der Waals surface area contributed by atoms with Crippen LogP contribution in [0.2, 0.25) is 0 Å². The van der Waals surface area contributed by atoms with E-state index >= 15 is 0 Å². The summed E-state index contributed by atoms with van der Waals surface area (Å²) in [6.45, 7) is 7.37. The van der Waals surface area contributed by atoms with E-state index in [4.69, 9.17) is 9.84 Å². The summed E-state index contributed by atoms with van der Waals surface area (Å²) in [6, 6.07) is 0. The highest BCUT2D eigenvalue weighted by molar-refractivity contribution is 4.49. The van der Waals surface area contributed by atoms with Crippen molar-refractivity contribution in [1.82, 2.24) is 0 Å². The van der Waals surface area contributed by atoms with Gasteiger partial charge in [0.05, 0.1) is 12.7 Å². The fourth-order valence-corrected chi connectivity index (χ4v) is 0.558. The predicted octanol–water partition coefficient (Wildman–Crippen LogP) is 1.43. The van der Waals surface area contributed by atoms with E-state index in [1.54, 1.807) is 0 Å². The highest BCUT2D eigenvalue weighted by atomic mass is 16.5. The van der Waals surface area contributed by atoms with Crippen LogP contribution in [0.5, 0.6) is 0 Å². The zero-order valence-electron chi connectivity index (χ0n) is 7.13. The molecule has 0 aromatic carbocycles. The summed E-state index contributed by atoms with van der Waals surface area (Å²) in [6.07, 6.45) is 0.497. The van der Waals surface area contributed by atoms with Crippen molar-refractivity contribution in [2.45, 2.75) is 33.3 Å². The van der Waals surface area contributed by atoms with Gasteiger partial charge in [-0.3, -0.25) is 0 Å². The van der Waals surface area contributed by atoms with Crippen LogP contribution in [0.15, 0.2) is 0 Å². The van der Waals surface area contributed by atoms with E-state index in [0.29, 0.717) is 12.5 Å². The number of hydrogen-bond acceptors (Lipinski definition) is 2. The Hall–Kier alpha value is -0.0800. The highest BCUT2D eigenvalue weighted by Crippen LogP contribution is 1.95. The van der Waals surface area contributed by atoms with Crippen LogP contribution in [0.4, 0.5) is 0 Å². The minimum atomic E-state index is -0.279. The van der Waals surface area contributed by atoms with E-state index in [0.717, 1.165) is 13.0 Å². The van der Waals surface area contributed by atoms with Crippen molar-refractivity contribution in [3.8, 4) is 0 Å². The minimum absolute atomic E-state index is 0.279. The third kappa shape index (κ3) is 6.05. The fourth-order valence-electron chi connectivity index (χ4n) is 0.558. The Kier molecular flexibility index (Phi) is 5.64. The average molecular weight is 146 g/mol. The monoisotopic (exact) mass is 146 g/mol. The Morgan fingerprint density at radius 3 is 2.30 bits per heavy atom. The molecule has 2 nitrogen and oxygen atoms in total. The first kappa shape index (κ1) is 9.92. The molecular formula is C8H18O2. The van der Waals surface area contributed by atoms with Crippen LogP contribution < -0.4 is 0 Å². The summed E-state index contributed by atoms with van der Waals surface area (Å²) >= 11 is 0. The third-order valence-corrected chi connectivity index (χ3v) is 1.23. The van der Waals surface area contributed by atoms with Crippen LogP contribution in [0.1, 0.15) is 27.2 Å². The SMILES string of the molecule is CCC(O)COCC(C)C. The molecule has 1 atom stereocenters. The second-order valence-corrected chi connectivity index (χ2v) is 2.99. The maximum absolute atomic E-state index is 9.05. The second kappa shape index (κ2) is 5.69. The Balaban J connectivity index is 3.03. The molecule has 0 spiro atoms. The molecule has 2 heteroatoms. The van der Waals surface area contributed by atoms with Gasteiger partial charge in [-0.15, -0.1) is 0 Å². The Morgan fingerprint density at radius 2 is 1.90 bits per heavy atom. The van der Waals surface area contributed by atoms with E-state index in [1.165, 1.54) is 0 Å². The predicted molar refractivity (Wildman–Crippen MR) is 42.0 cm³/mol. The molecule has 0 saturated heterocycles. The van der Waals surface area contributed by atoms with Crippen molar-refractivity contribution in [1.29, 1.82) is 0 Å². The molecule has 62 valence electrons. The first-order chi connectivity index (χ1) is 4.66. The van der Waals surface area contributed by atoms with Gasteiger partial charge in [-0.2, -0.15) is 0 Å². The lowest BCUT2D eigenvalue weighted by Gasteiger charge is -2.09. The van der Waals surface area contributed by atoms with E-state index in [1.807, 2.05) is 6.92 Å². The first-order valence-corrected chi connectivity index (χ1v) is 3.92. The van der Waals surface area contributed by atoms with Gasteiger partial charge in [0.15, 0.2) is 0 Å². The number of aliphatic hydroxyl groups excluding tert-OH is 1. The molecule has 0 bridgehead atoms. The standard InChI is InChI=1S/C8H18O2/c1-4-8(9)6-10-5-7(2)3/h7-9H,4-6H2,1-3H3. The average Bonchev–Trinajstić information content (AvgIpc) is 1.87. The molecule has 0 amide bonds. The molecular weight excluding hydrogens is 128 g/mol. The Morgan fingerprint density at radius 1 is 1.30 bits per heavy atom. The second-order valence-electron chi connectivity index (χ2n) is 2.99. The van der Waals surface area contributed by atoms with Gasteiger partial charge < -0.3 is 9.84 Å². The van der Waals surface area contributed by atoms with Gasteiger partial charge in [-0.1, -0.05) is 20.8 Å². The zero-order chi connectivity index (χ0) is 7.98. The molecule has 0 aliphatic heterocycles. The van der Waals surface area contributed by atoms with E-state index < -0.39 is 0 Å². The lowest BCUT2D eigenvalue weighted by Crippen LogP contribution is -2.15. The normalized spacial score (nSPS) is 14.1. The van der Waals surface area contributed by atoms with Crippen LogP contribution in [0.25, 0.3) is 0 Å². The van der Waals surface area contributed by atoms with Gasteiger partial charge in [0.1, 0.15) is 0 Å². The third-order valence-electron chi connectivity index (χ3n) is 1.23. The molecule has 1 unspecified atom stereocenters. The van der Waals surface area contributed by atoms with Crippen molar-refractivity contribution in [3.05, 3.63) is 0 Å².